The van der Waals surface area contributed by atoms with Gasteiger partial charge in [0.1, 0.15) is 0 Å². The van der Waals surface area contributed by atoms with Gasteiger partial charge in [0.05, 0.1) is 11.3 Å². The van der Waals surface area contributed by atoms with Gasteiger partial charge in [-0.1, -0.05) is 29.8 Å². The van der Waals surface area contributed by atoms with Crippen LogP contribution in [0.1, 0.15) is 29.8 Å². The fourth-order valence-corrected chi connectivity index (χ4v) is 3.20. The van der Waals surface area contributed by atoms with E-state index in [0.29, 0.717) is 5.56 Å². The summed E-state index contributed by atoms with van der Waals surface area (Å²) in [5.74, 6) is 0.168. The van der Waals surface area contributed by atoms with Gasteiger partial charge in [-0.15, -0.1) is 11.8 Å². The number of carbonyl (C=O) groups is 2. The van der Waals surface area contributed by atoms with E-state index in [9.17, 15) is 9.59 Å². The number of hydrogen-bond donors (Lipinski definition) is 1. The van der Waals surface area contributed by atoms with Crippen LogP contribution in [0.3, 0.4) is 0 Å². The number of amides is 2. The van der Waals surface area contributed by atoms with Crippen molar-refractivity contribution in [2.75, 3.05) is 17.7 Å². The number of hydrogen-bond acceptors (Lipinski definition) is 3. The summed E-state index contributed by atoms with van der Waals surface area (Å²) in [7, 11) is 1.76. The zero-order valence-electron chi connectivity index (χ0n) is 15.1. The van der Waals surface area contributed by atoms with Crippen molar-refractivity contribution in [3.05, 3.63) is 59.7 Å². The molecule has 0 spiro atoms. The summed E-state index contributed by atoms with van der Waals surface area (Å²) in [5.41, 5.74) is 2.59. The molecular formula is C20H24N2O2S. The number of nitrogens with zero attached hydrogens (tertiary/aromatic N) is 1. The number of thioether (sulfide) groups is 1. The maximum Gasteiger partial charge on any atom is 0.259 e. The van der Waals surface area contributed by atoms with Gasteiger partial charge >= 0.3 is 0 Å². The highest BCUT2D eigenvalue weighted by molar-refractivity contribution is 8.00. The fourth-order valence-electron chi connectivity index (χ4n) is 2.34. The van der Waals surface area contributed by atoms with Gasteiger partial charge in [-0.25, -0.2) is 0 Å². The number of nitrogens with one attached hydrogen (secondary N) is 1. The lowest BCUT2D eigenvalue weighted by molar-refractivity contribution is -0.119. The van der Waals surface area contributed by atoms with Crippen molar-refractivity contribution in [3.63, 3.8) is 0 Å². The van der Waals surface area contributed by atoms with Crippen molar-refractivity contribution in [3.8, 4) is 0 Å². The van der Waals surface area contributed by atoms with E-state index in [1.807, 2.05) is 63.2 Å². The van der Waals surface area contributed by atoms with E-state index in [2.05, 4.69) is 5.32 Å². The highest BCUT2D eigenvalue weighted by Crippen LogP contribution is 2.25. The van der Waals surface area contributed by atoms with Gasteiger partial charge in [-0.3, -0.25) is 9.59 Å². The predicted octanol–water partition coefficient (Wildman–Crippen LogP) is 3.89. The number of anilines is 1. The van der Waals surface area contributed by atoms with E-state index in [0.717, 1.165) is 16.1 Å². The summed E-state index contributed by atoms with van der Waals surface area (Å²) in [4.78, 5) is 27.2. The summed E-state index contributed by atoms with van der Waals surface area (Å²) < 4.78 is 0. The molecule has 1 N–H and O–H groups in total. The van der Waals surface area contributed by atoms with Crippen LogP contribution >= 0.6 is 11.8 Å². The van der Waals surface area contributed by atoms with Gasteiger partial charge in [0.2, 0.25) is 5.91 Å². The topological polar surface area (TPSA) is 49.4 Å². The largest absolute Gasteiger partial charge is 0.353 e. The second-order valence-electron chi connectivity index (χ2n) is 6.21. The SMILES string of the molecule is Cc1ccc(N(C)C(=O)c2ccccc2SCC(=O)NC(C)C)cc1. The Bertz CT molecular complexity index is 742. The standard InChI is InChI=1S/C20H24N2O2S/c1-14(2)21-19(23)13-25-18-8-6-5-7-17(18)20(24)22(4)16-11-9-15(3)10-12-16/h5-12,14H,13H2,1-4H3,(H,21,23). The van der Waals surface area contributed by atoms with Gasteiger partial charge < -0.3 is 10.2 Å². The van der Waals surface area contributed by atoms with Gasteiger partial charge in [-0.2, -0.15) is 0 Å². The van der Waals surface area contributed by atoms with Crippen molar-refractivity contribution in [2.45, 2.75) is 31.7 Å². The Labute approximate surface area is 153 Å². The first-order chi connectivity index (χ1) is 11.9. The van der Waals surface area contributed by atoms with Crippen LogP contribution in [0.2, 0.25) is 0 Å². The molecule has 0 aliphatic carbocycles. The normalized spacial score (nSPS) is 10.6. The van der Waals surface area contributed by atoms with Crippen LogP contribution in [0.25, 0.3) is 0 Å². The van der Waals surface area contributed by atoms with Crippen molar-refractivity contribution >= 4 is 29.3 Å². The Hall–Kier alpha value is -2.27. The van der Waals surface area contributed by atoms with Crippen LogP contribution in [0.15, 0.2) is 53.4 Å². The molecule has 0 saturated carbocycles. The van der Waals surface area contributed by atoms with E-state index >= 15 is 0 Å². The maximum atomic E-state index is 12.9. The van der Waals surface area contributed by atoms with Gasteiger partial charge in [0, 0.05) is 23.7 Å². The lowest BCUT2D eigenvalue weighted by Crippen LogP contribution is -2.31. The molecule has 0 aliphatic heterocycles. The van der Waals surface area contributed by atoms with Crippen molar-refractivity contribution < 1.29 is 9.59 Å². The average molecular weight is 356 g/mol. The van der Waals surface area contributed by atoms with E-state index in [1.165, 1.54) is 11.8 Å². The highest BCUT2D eigenvalue weighted by atomic mass is 32.2. The van der Waals surface area contributed by atoms with E-state index in [4.69, 9.17) is 0 Å². The summed E-state index contributed by atoms with van der Waals surface area (Å²) in [5, 5.41) is 2.86. The summed E-state index contributed by atoms with van der Waals surface area (Å²) in [6.07, 6.45) is 0. The van der Waals surface area contributed by atoms with E-state index < -0.39 is 0 Å². The molecule has 2 rings (SSSR count). The first-order valence-electron chi connectivity index (χ1n) is 8.24. The minimum absolute atomic E-state index is 0.0332. The van der Waals surface area contributed by atoms with Crippen molar-refractivity contribution in [1.82, 2.24) is 5.32 Å². The smallest absolute Gasteiger partial charge is 0.259 e. The van der Waals surface area contributed by atoms with E-state index in [-0.39, 0.29) is 23.6 Å². The van der Waals surface area contributed by atoms with Crippen LogP contribution in [0.4, 0.5) is 5.69 Å². The first-order valence-corrected chi connectivity index (χ1v) is 9.23. The molecule has 2 amide bonds. The first kappa shape index (κ1) is 19.1. The van der Waals surface area contributed by atoms with Crippen LogP contribution in [-0.2, 0) is 4.79 Å². The zero-order valence-corrected chi connectivity index (χ0v) is 15.9. The molecule has 0 radical (unpaired) electrons. The molecule has 2 aromatic rings. The minimum Gasteiger partial charge on any atom is -0.353 e. The Kier molecular flexibility index (Phi) is 6.65. The molecular weight excluding hydrogens is 332 g/mol. The van der Waals surface area contributed by atoms with Crippen molar-refractivity contribution in [2.24, 2.45) is 0 Å². The quantitative estimate of drug-likeness (QED) is 0.799. The molecule has 0 saturated heterocycles. The summed E-state index contributed by atoms with van der Waals surface area (Å²) in [6.45, 7) is 5.87. The number of benzene rings is 2. The summed E-state index contributed by atoms with van der Waals surface area (Å²) >= 11 is 1.38. The second kappa shape index (κ2) is 8.72. The number of rotatable bonds is 6. The Morgan fingerprint density at radius 3 is 2.36 bits per heavy atom. The molecule has 0 heterocycles. The molecule has 5 heteroatoms. The maximum absolute atomic E-state index is 12.9. The molecule has 0 atom stereocenters. The third-order valence-corrected chi connectivity index (χ3v) is 4.73. The molecule has 0 fully saturated rings. The molecule has 0 aromatic heterocycles. The molecule has 132 valence electrons. The number of carbonyl (C=O) groups excluding carboxylic acids is 2. The summed E-state index contributed by atoms with van der Waals surface area (Å²) in [6, 6.07) is 15.3. The van der Waals surface area contributed by atoms with Crippen molar-refractivity contribution in [1.29, 1.82) is 0 Å². The third kappa shape index (κ3) is 5.36. The molecule has 0 bridgehead atoms. The third-order valence-electron chi connectivity index (χ3n) is 3.65. The lowest BCUT2D eigenvalue weighted by Gasteiger charge is -2.19. The fraction of sp³-hybridized carbons (Fsp3) is 0.300. The molecule has 0 unspecified atom stereocenters. The van der Waals surface area contributed by atoms with Gasteiger partial charge in [-0.05, 0) is 45.0 Å². The average Bonchev–Trinajstić information content (AvgIpc) is 2.59. The highest BCUT2D eigenvalue weighted by Gasteiger charge is 2.17. The molecule has 4 nitrogen and oxygen atoms in total. The van der Waals surface area contributed by atoms with Gasteiger partial charge in [0.25, 0.3) is 5.91 Å². The number of aryl methyl sites for hydroxylation is 1. The van der Waals surface area contributed by atoms with Gasteiger partial charge in [0.15, 0.2) is 0 Å². The predicted molar refractivity (Wildman–Crippen MR) is 104 cm³/mol. The van der Waals surface area contributed by atoms with E-state index in [1.54, 1.807) is 18.0 Å². The minimum atomic E-state index is -0.0868. The Morgan fingerprint density at radius 1 is 1.08 bits per heavy atom. The molecule has 2 aromatic carbocycles. The van der Waals surface area contributed by atoms with Crippen LogP contribution in [-0.4, -0.2) is 30.7 Å². The monoisotopic (exact) mass is 356 g/mol. The zero-order chi connectivity index (χ0) is 18.4. The lowest BCUT2D eigenvalue weighted by atomic mass is 10.1. The molecule has 25 heavy (non-hydrogen) atoms. The Morgan fingerprint density at radius 2 is 1.72 bits per heavy atom. The van der Waals surface area contributed by atoms with Crippen LogP contribution in [0.5, 0.6) is 0 Å². The van der Waals surface area contributed by atoms with Crippen LogP contribution < -0.4 is 10.2 Å². The van der Waals surface area contributed by atoms with Crippen LogP contribution in [0, 0.1) is 6.92 Å². The second-order valence-corrected chi connectivity index (χ2v) is 7.22. The molecule has 0 aliphatic rings. The Balaban J connectivity index is 2.14.